The van der Waals surface area contributed by atoms with E-state index >= 15 is 0 Å². The molecule has 1 atom stereocenters. The molecule has 0 radical (unpaired) electrons. The molecule has 2 aromatic rings. The molecule has 28 heavy (non-hydrogen) atoms. The Kier molecular flexibility index (Phi) is 6.18. The van der Waals surface area contributed by atoms with Crippen molar-refractivity contribution in [3.63, 3.8) is 0 Å². The molecule has 1 heterocycles. The molecule has 0 aromatic heterocycles. The van der Waals surface area contributed by atoms with E-state index in [-0.39, 0.29) is 11.8 Å². The smallest absolute Gasteiger partial charge is 0.225 e. The normalized spacial score (nSPS) is 19.4. The molecule has 4 nitrogen and oxygen atoms in total. The molecule has 0 saturated carbocycles. The Hall–Kier alpha value is -2.62. The summed E-state index contributed by atoms with van der Waals surface area (Å²) in [7, 11) is 0. The zero-order valence-electron chi connectivity index (χ0n) is 16.9. The fourth-order valence-corrected chi connectivity index (χ4v) is 4.20. The van der Waals surface area contributed by atoms with Gasteiger partial charge in [0.15, 0.2) is 0 Å². The maximum atomic E-state index is 12.6. The number of hydrogen-bond donors (Lipinski definition) is 1. The van der Waals surface area contributed by atoms with E-state index in [0.717, 1.165) is 36.0 Å². The lowest BCUT2D eigenvalue weighted by molar-refractivity contribution is -0.140. The maximum Gasteiger partial charge on any atom is 0.225 e. The highest BCUT2D eigenvalue weighted by molar-refractivity contribution is 5.84. The molecule has 1 aliphatic rings. The Bertz CT molecular complexity index is 844. The van der Waals surface area contributed by atoms with Crippen LogP contribution in [0.15, 0.2) is 48.5 Å². The van der Waals surface area contributed by atoms with Gasteiger partial charge in [0.05, 0.1) is 5.41 Å². The van der Waals surface area contributed by atoms with Gasteiger partial charge >= 0.3 is 0 Å². The number of carbonyl (C=O) groups is 2. The molecule has 0 aliphatic carbocycles. The van der Waals surface area contributed by atoms with Crippen molar-refractivity contribution < 1.29 is 9.59 Å². The van der Waals surface area contributed by atoms with Crippen molar-refractivity contribution in [3.05, 3.63) is 59.7 Å². The van der Waals surface area contributed by atoms with Crippen LogP contribution >= 0.6 is 0 Å². The zero-order valence-corrected chi connectivity index (χ0v) is 16.9. The zero-order chi connectivity index (χ0) is 20.1. The second-order valence-corrected chi connectivity index (χ2v) is 8.01. The number of primary amides is 1. The highest BCUT2D eigenvalue weighted by Gasteiger charge is 2.42. The minimum atomic E-state index is -0.706. The van der Waals surface area contributed by atoms with Crippen molar-refractivity contribution in [1.82, 2.24) is 4.90 Å². The Morgan fingerprint density at radius 3 is 2.50 bits per heavy atom. The molecule has 2 amide bonds. The molecule has 1 fully saturated rings. The third-order valence-corrected chi connectivity index (χ3v) is 5.82. The molecule has 1 saturated heterocycles. The minimum absolute atomic E-state index is 0.125. The number of amides is 2. The van der Waals surface area contributed by atoms with Gasteiger partial charge in [0.2, 0.25) is 11.8 Å². The first-order valence-corrected chi connectivity index (χ1v) is 10.2. The van der Waals surface area contributed by atoms with Gasteiger partial charge in [-0.25, -0.2) is 0 Å². The topological polar surface area (TPSA) is 63.4 Å². The number of rotatable bonds is 6. The summed E-state index contributed by atoms with van der Waals surface area (Å²) in [6, 6.07) is 16.6. The van der Waals surface area contributed by atoms with E-state index in [1.165, 1.54) is 5.56 Å². The van der Waals surface area contributed by atoms with Gasteiger partial charge in [-0.05, 0) is 49.3 Å². The fraction of sp³-hybridized carbons (Fsp3) is 0.417. The minimum Gasteiger partial charge on any atom is -0.369 e. The summed E-state index contributed by atoms with van der Waals surface area (Å²) in [5.74, 6) is -0.181. The summed E-state index contributed by atoms with van der Waals surface area (Å²) < 4.78 is 0. The predicted octanol–water partition coefficient (Wildman–Crippen LogP) is 4.10. The first-order valence-electron chi connectivity index (χ1n) is 10.2. The number of aryl methyl sites for hydroxylation is 1. The summed E-state index contributed by atoms with van der Waals surface area (Å²) in [6.45, 7) is 5.21. The second kappa shape index (κ2) is 8.59. The van der Waals surface area contributed by atoms with Crippen LogP contribution in [0.2, 0.25) is 0 Å². The fourth-order valence-electron chi connectivity index (χ4n) is 4.20. The standard InChI is InChI=1S/C24H30N2O2/c1-3-7-22(27)26-15-6-14-24(17-26,23(25)28)16-20-8-4-5-9-21(20)19-12-10-18(2)11-13-19/h4-5,8-13H,3,6-7,14-17H2,1-2H3,(H2,25,28)/t24-/m0/s1. The summed E-state index contributed by atoms with van der Waals surface area (Å²) in [5, 5.41) is 0. The highest BCUT2D eigenvalue weighted by atomic mass is 16.2. The largest absolute Gasteiger partial charge is 0.369 e. The van der Waals surface area contributed by atoms with Gasteiger partial charge in [-0.3, -0.25) is 9.59 Å². The van der Waals surface area contributed by atoms with Crippen molar-refractivity contribution in [2.45, 2.75) is 46.0 Å². The Morgan fingerprint density at radius 1 is 1.11 bits per heavy atom. The average Bonchev–Trinajstić information content (AvgIpc) is 2.69. The van der Waals surface area contributed by atoms with Crippen LogP contribution < -0.4 is 5.73 Å². The summed E-state index contributed by atoms with van der Waals surface area (Å²) in [6.07, 6.45) is 3.43. The highest BCUT2D eigenvalue weighted by Crippen LogP contribution is 2.37. The lowest BCUT2D eigenvalue weighted by atomic mass is 9.73. The van der Waals surface area contributed by atoms with Gasteiger partial charge in [0.25, 0.3) is 0 Å². The molecule has 0 unspecified atom stereocenters. The van der Waals surface area contributed by atoms with E-state index in [4.69, 9.17) is 5.73 Å². The monoisotopic (exact) mass is 378 g/mol. The Balaban J connectivity index is 1.92. The first kappa shape index (κ1) is 20.1. The summed E-state index contributed by atoms with van der Waals surface area (Å²) >= 11 is 0. The molecule has 1 aliphatic heterocycles. The van der Waals surface area contributed by atoms with E-state index in [9.17, 15) is 9.59 Å². The van der Waals surface area contributed by atoms with Crippen LogP contribution in [-0.2, 0) is 16.0 Å². The Labute approximate surface area is 167 Å². The van der Waals surface area contributed by atoms with Crippen molar-refractivity contribution in [2.24, 2.45) is 11.1 Å². The SMILES string of the molecule is CCCC(=O)N1CCC[C@@](Cc2ccccc2-c2ccc(C)cc2)(C(N)=O)C1. The van der Waals surface area contributed by atoms with Gasteiger partial charge < -0.3 is 10.6 Å². The maximum absolute atomic E-state index is 12.6. The molecule has 2 N–H and O–H groups in total. The quantitative estimate of drug-likeness (QED) is 0.822. The number of nitrogens with zero attached hydrogens (tertiary/aromatic N) is 1. The van der Waals surface area contributed by atoms with Crippen LogP contribution in [0.1, 0.15) is 43.7 Å². The molecular formula is C24H30N2O2. The van der Waals surface area contributed by atoms with Crippen molar-refractivity contribution in [2.75, 3.05) is 13.1 Å². The van der Waals surface area contributed by atoms with E-state index < -0.39 is 5.41 Å². The van der Waals surface area contributed by atoms with Crippen molar-refractivity contribution in [3.8, 4) is 11.1 Å². The number of benzene rings is 2. The molecule has 4 heteroatoms. The van der Waals surface area contributed by atoms with E-state index in [2.05, 4.69) is 43.3 Å². The van der Waals surface area contributed by atoms with Crippen LogP contribution in [-0.4, -0.2) is 29.8 Å². The van der Waals surface area contributed by atoms with Crippen LogP contribution in [0.5, 0.6) is 0 Å². The van der Waals surface area contributed by atoms with Crippen LogP contribution in [0.4, 0.5) is 0 Å². The number of likely N-dealkylation sites (tertiary alicyclic amines) is 1. The third kappa shape index (κ3) is 4.27. The first-order chi connectivity index (χ1) is 13.4. The number of piperidine rings is 1. The lowest BCUT2D eigenvalue weighted by Gasteiger charge is -2.41. The Morgan fingerprint density at radius 2 is 1.82 bits per heavy atom. The number of nitrogens with two attached hydrogens (primary N) is 1. The number of hydrogen-bond acceptors (Lipinski definition) is 2. The predicted molar refractivity (Wildman–Crippen MR) is 113 cm³/mol. The molecule has 0 spiro atoms. The molecule has 3 rings (SSSR count). The molecule has 148 valence electrons. The number of carbonyl (C=O) groups excluding carboxylic acids is 2. The van der Waals surface area contributed by atoms with Crippen LogP contribution in [0, 0.1) is 12.3 Å². The van der Waals surface area contributed by atoms with Gasteiger partial charge in [-0.2, -0.15) is 0 Å². The van der Waals surface area contributed by atoms with E-state index in [1.54, 1.807) is 0 Å². The summed E-state index contributed by atoms with van der Waals surface area (Å²) in [5.41, 5.74) is 9.79. The van der Waals surface area contributed by atoms with Gasteiger partial charge in [-0.15, -0.1) is 0 Å². The average molecular weight is 379 g/mol. The van der Waals surface area contributed by atoms with E-state index in [0.29, 0.717) is 25.9 Å². The molecule has 0 bridgehead atoms. The van der Waals surface area contributed by atoms with Gasteiger partial charge in [0, 0.05) is 19.5 Å². The van der Waals surface area contributed by atoms with Crippen molar-refractivity contribution in [1.29, 1.82) is 0 Å². The molecular weight excluding hydrogens is 348 g/mol. The van der Waals surface area contributed by atoms with Gasteiger partial charge in [0.1, 0.15) is 0 Å². The van der Waals surface area contributed by atoms with Crippen LogP contribution in [0.25, 0.3) is 11.1 Å². The van der Waals surface area contributed by atoms with Crippen molar-refractivity contribution >= 4 is 11.8 Å². The van der Waals surface area contributed by atoms with Crippen LogP contribution in [0.3, 0.4) is 0 Å². The molecule has 2 aromatic carbocycles. The third-order valence-electron chi connectivity index (χ3n) is 5.82. The lowest BCUT2D eigenvalue weighted by Crippen LogP contribution is -2.53. The van der Waals surface area contributed by atoms with Gasteiger partial charge in [-0.1, -0.05) is 61.0 Å². The summed E-state index contributed by atoms with van der Waals surface area (Å²) in [4.78, 5) is 26.9. The second-order valence-electron chi connectivity index (χ2n) is 8.01. The van der Waals surface area contributed by atoms with E-state index in [1.807, 2.05) is 24.0 Å².